The first-order valence-electron chi connectivity index (χ1n) is 6.00. The van der Waals surface area contributed by atoms with E-state index in [4.69, 9.17) is 31.5 Å². The second-order valence-corrected chi connectivity index (χ2v) is 4.20. The Balaban J connectivity index is 2.67. The van der Waals surface area contributed by atoms with Crippen LogP contribution in [0.4, 0.5) is 0 Å². The van der Waals surface area contributed by atoms with Gasteiger partial charge in [0.05, 0.1) is 13.7 Å². The molecule has 0 unspecified atom stereocenters. The van der Waals surface area contributed by atoms with Gasteiger partial charge in [0, 0.05) is 29.8 Å². The Labute approximate surface area is 113 Å². The van der Waals surface area contributed by atoms with Crippen molar-refractivity contribution in [1.82, 2.24) is 0 Å². The lowest BCUT2D eigenvalue weighted by Gasteiger charge is -2.15. The molecule has 102 valence electrons. The Morgan fingerprint density at radius 1 is 1.22 bits per heavy atom. The summed E-state index contributed by atoms with van der Waals surface area (Å²) in [6.45, 7) is 4.16. The number of hydrogen-bond acceptors (Lipinski definition) is 4. The average molecular weight is 274 g/mol. The Hall–Kier alpha value is -0.970. The first kappa shape index (κ1) is 15.1. The summed E-state index contributed by atoms with van der Waals surface area (Å²) in [5.74, 6) is 1.24. The van der Waals surface area contributed by atoms with E-state index in [9.17, 15) is 0 Å². The Morgan fingerprint density at radius 2 is 2.00 bits per heavy atom. The molecule has 0 saturated carbocycles. The summed E-state index contributed by atoms with van der Waals surface area (Å²) in [5, 5.41) is 0.585. The zero-order valence-corrected chi connectivity index (χ0v) is 11.6. The Morgan fingerprint density at radius 3 is 2.61 bits per heavy atom. The number of halogens is 1. The third-order valence-corrected chi connectivity index (χ3v) is 2.58. The molecule has 0 aliphatic carbocycles. The molecule has 0 spiro atoms. The predicted molar refractivity (Wildman–Crippen MR) is 72.5 cm³/mol. The fraction of sp³-hybridized carbons (Fsp3) is 0.538. The van der Waals surface area contributed by atoms with Gasteiger partial charge >= 0.3 is 0 Å². The van der Waals surface area contributed by atoms with Gasteiger partial charge in [-0.15, -0.1) is 0 Å². The van der Waals surface area contributed by atoms with Crippen LogP contribution in [0, 0.1) is 0 Å². The summed E-state index contributed by atoms with van der Waals surface area (Å²) in [6, 6.07) is 3.50. The van der Waals surface area contributed by atoms with Gasteiger partial charge in [-0.05, 0) is 12.5 Å². The molecule has 2 N–H and O–H groups in total. The molecule has 0 aliphatic heterocycles. The third-order valence-electron chi connectivity index (χ3n) is 2.36. The van der Waals surface area contributed by atoms with E-state index >= 15 is 0 Å². The summed E-state index contributed by atoms with van der Waals surface area (Å²) in [5.41, 5.74) is 6.50. The third kappa shape index (κ3) is 4.37. The predicted octanol–water partition coefficient (Wildman–Crippen LogP) is 2.61. The summed E-state index contributed by atoms with van der Waals surface area (Å²) < 4.78 is 16.3. The van der Waals surface area contributed by atoms with Crippen LogP contribution in [0.2, 0.25) is 5.02 Å². The molecule has 0 atom stereocenters. The van der Waals surface area contributed by atoms with E-state index in [1.54, 1.807) is 19.2 Å². The van der Waals surface area contributed by atoms with Crippen LogP contribution in [-0.2, 0) is 11.3 Å². The van der Waals surface area contributed by atoms with Crippen LogP contribution in [0.15, 0.2) is 12.1 Å². The SMILES string of the molecule is CCCOCCOc1c(CN)cc(Cl)cc1OC. The number of ether oxygens (including phenoxy) is 3. The quantitative estimate of drug-likeness (QED) is 0.740. The Kier molecular flexibility index (Phi) is 6.86. The lowest BCUT2D eigenvalue weighted by atomic mass is 10.2. The molecule has 0 saturated heterocycles. The summed E-state index contributed by atoms with van der Waals surface area (Å²) in [7, 11) is 1.58. The van der Waals surface area contributed by atoms with Crippen LogP contribution in [0.5, 0.6) is 11.5 Å². The molecule has 0 radical (unpaired) electrons. The molecule has 0 fully saturated rings. The molecule has 18 heavy (non-hydrogen) atoms. The number of rotatable bonds is 8. The smallest absolute Gasteiger partial charge is 0.165 e. The molecule has 0 amide bonds. The van der Waals surface area contributed by atoms with E-state index in [1.165, 1.54) is 0 Å². The molecule has 1 aromatic rings. The standard InChI is InChI=1S/C13H20ClNO3/c1-3-4-17-5-6-18-13-10(9-15)7-11(14)8-12(13)16-2/h7-8H,3-6,9,15H2,1-2H3. The topological polar surface area (TPSA) is 53.7 Å². The van der Waals surface area contributed by atoms with E-state index in [1.807, 2.05) is 0 Å². The molecular weight excluding hydrogens is 254 g/mol. The van der Waals surface area contributed by atoms with Crippen LogP contribution >= 0.6 is 11.6 Å². The largest absolute Gasteiger partial charge is 0.493 e. The highest BCUT2D eigenvalue weighted by atomic mass is 35.5. The molecular formula is C13H20ClNO3. The van der Waals surface area contributed by atoms with Crippen molar-refractivity contribution in [2.24, 2.45) is 5.73 Å². The molecule has 0 bridgehead atoms. The second kappa shape index (κ2) is 8.19. The second-order valence-electron chi connectivity index (χ2n) is 3.76. The highest BCUT2D eigenvalue weighted by Crippen LogP contribution is 2.34. The van der Waals surface area contributed by atoms with Crippen molar-refractivity contribution >= 4 is 11.6 Å². The summed E-state index contributed by atoms with van der Waals surface area (Å²) in [6.07, 6.45) is 0.998. The minimum absolute atomic E-state index is 0.349. The van der Waals surface area contributed by atoms with Crippen molar-refractivity contribution in [1.29, 1.82) is 0 Å². The lowest BCUT2D eigenvalue weighted by molar-refractivity contribution is 0.0991. The van der Waals surface area contributed by atoms with Gasteiger partial charge in [-0.1, -0.05) is 18.5 Å². The number of nitrogens with two attached hydrogens (primary N) is 1. The zero-order valence-electron chi connectivity index (χ0n) is 10.9. The maximum absolute atomic E-state index is 5.97. The van der Waals surface area contributed by atoms with Crippen molar-refractivity contribution < 1.29 is 14.2 Å². The van der Waals surface area contributed by atoms with Gasteiger partial charge in [0.1, 0.15) is 6.61 Å². The number of benzene rings is 1. The first-order chi connectivity index (χ1) is 8.72. The minimum atomic E-state index is 0.349. The van der Waals surface area contributed by atoms with Crippen LogP contribution in [0.25, 0.3) is 0 Å². The van der Waals surface area contributed by atoms with E-state index in [-0.39, 0.29) is 0 Å². The van der Waals surface area contributed by atoms with Gasteiger partial charge in [-0.2, -0.15) is 0 Å². The summed E-state index contributed by atoms with van der Waals surface area (Å²) in [4.78, 5) is 0. The minimum Gasteiger partial charge on any atom is -0.493 e. The monoisotopic (exact) mass is 273 g/mol. The molecule has 5 heteroatoms. The maximum atomic E-state index is 5.97. The molecule has 0 heterocycles. The van der Waals surface area contributed by atoms with Crippen molar-refractivity contribution in [3.8, 4) is 11.5 Å². The fourth-order valence-corrected chi connectivity index (χ4v) is 1.77. The first-order valence-corrected chi connectivity index (χ1v) is 6.37. The highest BCUT2D eigenvalue weighted by Gasteiger charge is 2.11. The van der Waals surface area contributed by atoms with Crippen LogP contribution < -0.4 is 15.2 Å². The highest BCUT2D eigenvalue weighted by molar-refractivity contribution is 6.30. The van der Waals surface area contributed by atoms with E-state index in [0.717, 1.165) is 18.6 Å². The van der Waals surface area contributed by atoms with Gasteiger partial charge in [0.2, 0.25) is 0 Å². The molecule has 4 nitrogen and oxygen atoms in total. The fourth-order valence-electron chi connectivity index (χ4n) is 1.54. The van der Waals surface area contributed by atoms with Gasteiger partial charge in [0.15, 0.2) is 11.5 Å². The zero-order chi connectivity index (χ0) is 13.4. The van der Waals surface area contributed by atoms with E-state index in [0.29, 0.717) is 36.3 Å². The van der Waals surface area contributed by atoms with Crippen LogP contribution in [-0.4, -0.2) is 26.9 Å². The van der Waals surface area contributed by atoms with Crippen molar-refractivity contribution in [3.63, 3.8) is 0 Å². The maximum Gasteiger partial charge on any atom is 0.165 e. The average Bonchev–Trinajstić information content (AvgIpc) is 2.39. The normalized spacial score (nSPS) is 10.4. The van der Waals surface area contributed by atoms with Crippen molar-refractivity contribution in [3.05, 3.63) is 22.7 Å². The number of methoxy groups -OCH3 is 1. The van der Waals surface area contributed by atoms with Crippen LogP contribution in [0.1, 0.15) is 18.9 Å². The van der Waals surface area contributed by atoms with E-state index in [2.05, 4.69) is 6.92 Å². The molecule has 0 aliphatic rings. The van der Waals surface area contributed by atoms with Crippen molar-refractivity contribution in [2.75, 3.05) is 26.9 Å². The van der Waals surface area contributed by atoms with Crippen LogP contribution in [0.3, 0.4) is 0 Å². The number of hydrogen-bond donors (Lipinski definition) is 1. The van der Waals surface area contributed by atoms with Gasteiger partial charge in [0.25, 0.3) is 0 Å². The van der Waals surface area contributed by atoms with Crippen molar-refractivity contribution in [2.45, 2.75) is 19.9 Å². The summed E-state index contributed by atoms with van der Waals surface area (Å²) >= 11 is 5.97. The van der Waals surface area contributed by atoms with E-state index < -0.39 is 0 Å². The van der Waals surface area contributed by atoms with Gasteiger partial charge in [-0.25, -0.2) is 0 Å². The van der Waals surface area contributed by atoms with Gasteiger partial charge < -0.3 is 19.9 Å². The molecule has 1 aromatic carbocycles. The molecule has 1 rings (SSSR count). The molecule has 0 aromatic heterocycles. The lowest BCUT2D eigenvalue weighted by Crippen LogP contribution is -2.10. The Bertz CT molecular complexity index is 346. The van der Waals surface area contributed by atoms with Gasteiger partial charge in [-0.3, -0.25) is 0 Å².